The number of hydrogen-bond donors (Lipinski definition) is 1. The van der Waals surface area contributed by atoms with Crippen molar-refractivity contribution in [2.75, 3.05) is 0 Å². The molecule has 7 atom stereocenters. The predicted octanol–water partition coefficient (Wildman–Crippen LogP) is 1.21. The molecular formula is C18H20O5. The van der Waals surface area contributed by atoms with Gasteiger partial charge in [0.15, 0.2) is 11.6 Å². The number of carbonyl (C=O) groups is 3. The van der Waals surface area contributed by atoms with Crippen molar-refractivity contribution >= 4 is 17.5 Å². The van der Waals surface area contributed by atoms with Gasteiger partial charge in [-0.25, -0.2) is 0 Å². The molecule has 0 amide bonds. The zero-order valence-electron chi connectivity index (χ0n) is 13.6. The molecule has 1 N–H and O–H groups in total. The molecule has 4 aliphatic rings. The van der Waals surface area contributed by atoms with E-state index < -0.39 is 40.8 Å². The van der Waals surface area contributed by atoms with Crippen LogP contribution in [-0.4, -0.2) is 34.9 Å². The molecular weight excluding hydrogens is 296 g/mol. The first-order chi connectivity index (χ1) is 10.6. The molecule has 23 heavy (non-hydrogen) atoms. The lowest BCUT2D eigenvalue weighted by Gasteiger charge is -2.55. The van der Waals surface area contributed by atoms with Crippen LogP contribution >= 0.6 is 0 Å². The van der Waals surface area contributed by atoms with E-state index in [0.717, 1.165) is 5.57 Å². The van der Waals surface area contributed by atoms with Crippen LogP contribution in [0.15, 0.2) is 23.3 Å². The molecule has 5 nitrogen and oxygen atoms in total. The van der Waals surface area contributed by atoms with Gasteiger partial charge in [-0.3, -0.25) is 14.4 Å². The molecule has 1 aliphatic heterocycles. The third-order valence-electron chi connectivity index (χ3n) is 6.79. The third kappa shape index (κ3) is 1.37. The van der Waals surface area contributed by atoms with E-state index in [1.807, 2.05) is 6.92 Å². The highest BCUT2D eigenvalue weighted by atomic mass is 16.6. The summed E-state index contributed by atoms with van der Waals surface area (Å²) in [6, 6.07) is 0. The third-order valence-corrected chi connectivity index (χ3v) is 6.79. The van der Waals surface area contributed by atoms with E-state index in [4.69, 9.17) is 4.74 Å². The van der Waals surface area contributed by atoms with Gasteiger partial charge in [-0.1, -0.05) is 13.8 Å². The number of hydrogen-bond acceptors (Lipinski definition) is 5. The van der Waals surface area contributed by atoms with Gasteiger partial charge in [0.25, 0.3) is 0 Å². The molecule has 1 saturated carbocycles. The molecule has 5 heteroatoms. The highest BCUT2D eigenvalue weighted by Gasteiger charge is 2.73. The van der Waals surface area contributed by atoms with Crippen molar-refractivity contribution in [3.05, 3.63) is 23.3 Å². The van der Waals surface area contributed by atoms with E-state index >= 15 is 0 Å². The van der Waals surface area contributed by atoms with E-state index in [9.17, 15) is 19.5 Å². The maximum absolute atomic E-state index is 13.0. The summed E-state index contributed by atoms with van der Waals surface area (Å²) in [5.74, 6) is -2.24. The topological polar surface area (TPSA) is 80.7 Å². The van der Waals surface area contributed by atoms with Crippen LogP contribution in [-0.2, 0) is 19.1 Å². The molecule has 2 fully saturated rings. The van der Waals surface area contributed by atoms with Crippen LogP contribution in [0.5, 0.6) is 0 Å². The van der Waals surface area contributed by atoms with Gasteiger partial charge in [-0.05, 0) is 37.1 Å². The molecule has 1 heterocycles. The van der Waals surface area contributed by atoms with Gasteiger partial charge in [-0.2, -0.15) is 0 Å². The van der Waals surface area contributed by atoms with Crippen LogP contribution in [0.2, 0.25) is 0 Å². The Kier molecular flexibility index (Phi) is 2.58. The highest BCUT2D eigenvalue weighted by molar-refractivity contribution is 6.10. The summed E-state index contributed by atoms with van der Waals surface area (Å²) in [6.07, 6.45) is 1.38. The van der Waals surface area contributed by atoms with Gasteiger partial charge in [-0.15, -0.1) is 0 Å². The van der Waals surface area contributed by atoms with Crippen molar-refractivity contribution in [3.8, 4) is 0 Å². The minimum absolute atomic E-state index is 0.106. The Morgan fingerprint density at radius 2 is 1.78 bits per heavy atom. The second-order valence-electron chi connectivity index (χ2n) is 7.81. The maximum Gasteiger partial charge on any atom is 0.310 e. The second-order valence-corrected chi connectivity index (χ2v) is 7.81. The SMILES string of the molecule is CC1=CC(=O)[C@@]2(C)C1=CC(=O)[C@]1(C)C2[C@@H](O)[C@@H]2OC(=O)[C@H]1[C@H]2C. The van der Waals surface area contributed by atoms with Crippen molar-refractivity contribution in [1.29, 1.82) is 0 Å². The zero-order valence-corrected chi connectivity index (χ0v) is 13.6. The Labute approximate surface area is 134 Å². The van der Waals surface area contributed by atoms with Crippen LogP contribution in [0.3, 0.4) is 0 Å². The van der Waals surface area contributed by atoms with Crippen molar-refractivity contribution < 1.29 is 24.2 Å². The minimum Gasteiger partial charge on any atom is -0.459 e. The number of aliphatic hydroxyl groups excluding tert-OH is 1. The first-order valence-corrected chi connectivity index (χ1v) is 8.03. The number of rotatable bonds is 0. The molecule has 0 spiro atoms. The summed E-state index contributed by atoms with van der Waals surface area (Å²) >= 11 is 0. The molecule has 0 aromatic rings. The lowest BCUT2D eigenvalue weighted by molar-refractivity contribution is -0.165. The average Bonchev–Trinajstić information content (AvgIpc) is 2.83. The minimum atomic E-state index is -1.12. The smallest absolute Gasteiger partial charge is 0.310 e. The first kappa shape index (κ1) is 14.8. The van der Waals surface area contributed by atoms with Crippen LogP contribution in [0.25, 0.3) is 0 Å². The molecule has 3 aliphatic carbocycles. The van der Waals surface area contributed by atoms with E-state index in [1.54, 1.807) is 26.8 Å². The normalized spacial score (nSPS) is 51.0. The van der Waals surface area contributed by atoms with Crippen molar-refractivity contribution in [2.45, 2.75) is 39.9 Å². The zero-order chi connectivity index (χ0) is 16.9. The fourth-order valence-corrected chi connectivity index (χ4v) is 5.71. The lowest BCUT2D eigenvalue weighted by Crippen LogP contribution is -2.64. The van der Waals surface area contributed by atoms with Crippen molar-refractivity contribution in [1.82, 2.24) is 0 Å². The summed E-state index contributed by atoms with van der Waals surface area (Å²) in [5.41, 5.74) is -0.653. The van der Waals surface area contributed by atoms with Crippen LogP contribution in [0.1, 0.15) is 27.7 Å². The lowest BCUT2D eigenvalue weighted by atomic mass is 9.45. The molecule has 1 saturated heterocycles. The number of ketones is 2. The predicted molar refractivity (Wildman–Crippen MR) is 80.1 cm³/mol. The van der Waals surface area contributed by atoms with E-state index in [0.29, 0.717) is 5.57 Å². The Morgan fingerprint density at radius 1 is 1.13 bits per heavy atom. The Morgan fingerprint density at radius 3 is 2.43 bits per heavy atom. The molecule has 0 radical (unpaired) electrons. The van der Waals surface area contributed by atoms with E-state index in [2.05, 4.69) is 0 Å². The first-order valence-electron chi connectivity index (χ1n) is 8.03. The van der Waals surface area contributed by atoms with Crippen molar-refractivity contribution in [2.24, 2.45) is 28.6 Å². The fraction of sp³-hybridized carbons (Fsp3) is 0.611. The monoisotopic (exact) mass is 316 g/mol. The van der Waals surface area contributed by atoms with Crippen LogP contribution in [0, 0.1) is 28.6 Å². The number of allylic oxidation sites excluding steroid dienone is 4. The van der Waals surface area contributed by atoms with Gasteiger partial charge in [0.1, 0.15) is 6.10 Å². The largest absolute Gasteiger partial charge is 0.459 e. The van der Waals surface area contributed by atoms with Gasteiger partial charge in [0.2, 0.25) is 0 Å². The Balaban J connectivity index is 2.00. The van der Waals surface area contributed by atoms with E-state index in [-0.39, 0.29) is 17.5 Å². The summed E-state index contributed by atoms with van der Waals surface area (Å²) in [7, 11) is 0. The standard InChI is InChI=1S/C18H20O5/c1-7-5-10(19)17(3)9(7)6-11(20)18(4)12-8(2)14(23-16(12)22)13(21)15(17)18/h5-6,8,12-15,21H,1-4H3/t8-,12-,13+,14-,15?,17-,18+/m1/s1. The van der Waals surface area contributed by atoms with Crippen molar-refractivity contribution in [3.63, 3.8) is 0 Å². The molecule has 4 rings (SSSR count). The average molecular weight is 316 g/mol. The summed E-state index contributed by atoms with van der Waals surface area (Å²) in [6.45, 7) is 7.14. The molecule has 2 bridgehead atoms. The number of carbonyl (C=O) groups excluding carboxylic acids is 3. The summed E-state index contributed by atoms with van der Waals surface area (Å²) in [4.78, 5) is 38.1. The number of aliphatic hydroxyl groups is 1. The number of fused-ring (bicyclic) bond motifs is 6. The van der Waals surface area contributed by atoms with Gasteiger partial charge >= 0.3 is 5.97 Å². The summed E-state index contributed by atoms with van der Waals surface area (Å²) in [5, 5.41) is 10.9. The second kappa shape index (κ2) is 4.01. The summed E-state index contributed by atoms with van der Waals surface area (Å²) < 4.78 is 5.38. The van der Waals surface area contributed by atoms with Gasteiger partial charge < -0.3 is 9.84 Å². The number of esters is 1. The Bertz CT molecular complexity index is 732. The van der Waals surface area contributed by atoms with Crippen LogP contribution in [0.4, 0.5) is 0 Å². The molecule has 0 aromatic carbocycles. The van der Waals surface area contributed by atoms with Crippen LogP contribution < -0.4 is 0 Å². The molecule has 0 aromatic heterocycles. The fourth-order valence-electron chi connectivity index (χ4n) is 5.71. The highest BCUT2D eigenvalue weighted by Crippen LogP contribution is 2.64. The maximum atomic E-state index is 13.0. The molecule has 122 valence electrons. The quantitative estimate of drug-likeness (QED) is 0.679. The van der Waals surface area contributed by atoms with E-state index in [1.165, 1.54) is 6.08 Å². The van der Waals surface area contributed by atoms with Gasteiger partial charge in [0.05, 0.1) is 22.9 Å². The van der Waals surface area contributed by atoms with Gasteiger partial charge in [0, 0.05) is 11.8 Å². The molecule has 1 unspecified atom stereocenters. The number of ether oxygens (including phenoxy) is 1. The Hall–Kier alpha value is -1.75.